The predicted molar refractivity (Wildman–Crippen MR) is 82.0 cm³/mol. The smallest absolute Gasteiger partial charge is 0.0705 e. The van der Waals surface area contributed by atoms with Crippen LogP contribution in [0.15, 0.2) is 42.6 Å². The highest BCUT2D eigenvalue weighted by Crippen LogP contribution is 2.33. The highest BCUT2D eigenvalue weighted by Gasteiger charge is 2.37. The molecule has 2 aromatic rings. The van der Waals surface area contributed by atoms with Crippen molar-refractivity contribution in [3.8, 4) is 11.3 Å². The Morgan fingerprint density at radius 1 is 1.25 bits per heavy atom. The molecule has 0 aliphatic carbocycles. The zero-order valence-electron chi connectivity index (χ0n) is 11.7. The van der Waals surface area contributed by atoms with Gasteiger partial charge in [0.25, 0.3) is 0 Å². The fraction of sp³-hybridized carbons (Fsp3) is 0.353. The van der Waals surface area contributed by atoms with Crippen LogP contribution in [0, 0.1) is 6.92 Å². The largest absolute Gasteiger partial charge is 0.366 e. The number of piperazine rings is 1. The first-order valence-electron chi connectivity index (χ1n) is 7.33. The summed E-state index contributed by atoms with van der Waals surface area (Å²) in [7, 11) is 0. The van der Waals surface area contributed by atoms with Gasteiger partial charge in [0.1, 0.15) is 0 Å². The van der Waals surface area contributed by atoms with E-state index in [0.29, 0.717) is 12.1 Å². The number of fused-ring (bicyclic) bond motifs is 2. The molecule has 2 bridgehead atoms. The third-order valence-corrected chi connectivity index (χ3v) is 4.55. The summed E-state index contributed by atoms with van der Waals surface area (Å²) < 4.78 is 0. The maximum Gasteiger partial charge on any atom is 0.0705 e. The molecule has 0 saturated carbocycles. The van der Waals surface area contributed by atoms with E-state index in [1.165, 1.54) is 23.2 Å². The van der Waals surface area contributed by atoms with Crippen LogP contribution in [0.25, 0.3) is 11.3 Å². The van der Waals surface area contributed by atoms with Crippen molar-refractivity contribution in [3.63, 3.8) is 0 Å². The third-order valence-electron chi connectivity index (χ3n) is 4.55. The number of nitrogens with zero attached hydrogens (tertiary/aromatic N) is 2. The summed E-state index contributed by atoms with van der Waals surface area (Å²) in [5, 5.41) is 3.56. The Hall–Kier alpha value is -1.87. The van der Waals surface area contributed by atoms with Gasteiger partial charge in [-0.2, -0.15) is 0 Å². The maximum absolute atomic E-state index is 4.49. The van der Waals surface area contributed by atoms with E-state index in [-0.39, 0.29) is 0 Å². The Morgan fingerprint density at radius 3 is 2.90 bits per heavy atom. The van der Waals surface area contributed by atoms with E-state index in [2.05, 4.69) is 52.5 Å². The van der Waals surface area contributed by atoms with Crippen LogP contribution in [-0.4, -0.2) is 30.2 Å². The van der Waals surface area contributed by atoms with Gasteiger partial charge in [0.05, 0.1) is 5.69 Å². The molecule has 0 radical (unpaired) electrons. The fourth-order valence-electron chi connectivity index (χ4n) is 3.46. The van der Waals surface area contributed by atoms with Crippen LogP contribution in [0.2, 0.25) is 0 Å². The molecular formula is C17H19N3. The molecule has 2 aliphatic rings. The van der Waals surface area contributed by atoms with Gasteiger partial charge in [-0.3, -0.25) is 4.98 Å². The molecule has 20 heavy (non-hydrogen) atoms. The zero-order chi connectivity index (χ0) is 13.5. The van der Waals surface area contributed by atoms with Crippen molar-refractivity contribution in [2.75, 3.05) is 18.0 Å². The van der Waals surface area contributed by atoms with Crippen LogP contribution in [0.3, 0.4) is 0 Å². The van der Waals surface area contributed by atoms with Gasteiger partial charge in [-0.1, -0.05) is 12.1 Å². The summed E-state index contributed by atoms with van der Waals surface area (Å²) in [6.07, 6.45) is 3.15. The first-order chi connectivity index (χ1) is 9.81. The van der Waals surface area contributed by atoms with Gasteiger partial charge < -0.3 is 10.2 Å². The molecule has 102 valence electrons. The minimum absolute atomic E-state index is 0.666. The number of aryl methyl sites for hydroxylation is 1. The minimum atomic E-state index is 0.666. The molecule has 2 aliphatic heterocycles. The van der Waals surface area contributed by atoms with E-state index in [0.717, 1.165) is 18.8 Å². The van der Waals surface area contributed by atoms with Crippen molar-refractivity contribution in [3.05, 3.63) is 48.2 Å². The second kappa shape index (κ2) is 4.60. The van der Waals surface area contributed by atoms with Gasteiger partial charge in [0.2, 0.25) is 0 Å². The maximum atomic E-state index is 4.49. The summed E-state index contributed by atoms with van der Waals surface area (Å²) in [6, 6.07) is 14.2. The molecule has 3 nitrogen and oxygen atoms in total. The van der Waals surface area contributed by atoms with Gasteiger partial charge in [-0.15, -0.1) is 0 Å². The first-order valence-corrected chi connectivity index (χ1v) is 7.33. The third kappa shape index (κ3) is 1.90. The van der Waals surface area contributed by atoms with Crippen LogP contribution < -0.4 is 10.2 Å². The number of aromatic nitrogens is 1. The molecule has 1 N–H and O–H groups in total. The van der Waals surface area contributed by atoms with E-state index in [1.54, 1.807) is 0 Å². The van der Waals surface area contributed by atoms with Crippen molar-refractivity contribution in [1.82, 2.24) is 10.3 Å². The van der Waals surface area contributed by atoms with Crippen molar-refractivity contribution in [2.45, 2.75) is 25.4 Å². The molecule has 1 aromatic heterocycles. The molecule has 2 saturated heterocycles. The van der Waals surface area contributed by atoms with Crippen molar-refractivity contribution in [1.29, 1.82) is 0 Å². The normalized spacial score (nSPS) is 24.4. The molecule has 2 atom stereocenters. The van der Waals surface area contributed by atoms with Crippen LogP contribution in [0.5, 0.6) is 0 Å². The van der Waals surface area contributed by atoms with E-state index in [1.807, 2.05) is 12.3 Å². The monoisotopic (exact) mass is 265 g/mol. The van der Waals surface area contributed by atoms with Gasteiger partial charge >= 0.3 is 0 Å². The number of pyridine rings is 1. The minimum Gasteiger partial charge on any atom is -0.366 e. The summed E-state index contributed by atoms with van der Waals surface area (Å²) >= 11 is 0. The lowest BCUT2D eigenvalue weighted by atomic mass is 10.0. The Morgan fingerprint density at radius 2 is 2.20 bits per heavy atom. The lowest BCUT2D eigenvalue weighted by molar-refractivity contribution is 0.580. The van der Waals surface area contributed by atoms with Crippen LogP contribution in [-0.2, 0) is 0 Å². The average Bonchev–Trinajstić information content (AvgIpc) is 3.11. The van der Waals surface area contributed by atoms with Gasteiger partial charge in [-0.05, 0) is 43.2 Å². The first kappa shape index (κ1) is 11.9. The standard InChI is InChI=1S/C17H19N3/c1-12-5-6-14(20-11-13-8-15(20)10-19-13)9-16(12)17-4-2-3-7-18-17/h2-7,9,13,15,19H,8,10-11H2,1H3/t13-,15-/m0/s1. The number of hydrogen-bond donors (Lipinski definition) is 1. The quantitative estimate of drug-likeness (QED) is 0.904. The zero-order valence-corrected chi connectivity index (χ0v) is 11.7. The fourth-order valence-corrected chi connectivity index (χ4v) is 3.46. The molecule has 3 heterocycles. The average molecular weight is 265 g/mol. The van der Waals surface area contributed by atoms with Crippen molar-refractivity contribution in [2.24, 2.45) is 0 Å². The van der Waals surface area contributed by atoms with Crippen molar-refractivity contribution < 1.29 is 0 Å². The lowest BCUT2D eigenvalue weighted by Crippen LogP contribution is -2.43. The number of nitrogens with one attached hydrogen (secondary N) is 1. The Bertz CT molecular complexity index is 623. The van der Waals surface area contributed by atoms with Crippen LogP contribution in [0.4, 0.5) is 5.69 Å². The summed E-state index contributed by atoms with van der Waals surface area (Å²) in [5.74, 6) is 0. The molecular weight excluding hydrogens is 246 g/mol. The molecule has 4 rings (SSSR count). The highest BCUT2D eigenvalue weighted by molar-refractivity contribution is 5.69. The molecule has 2 fully saturated rings. The predicted octanol–water partition coefficient (Wildman–Crippen LogP) is 2.61. The Balaban J connectivity index is 1.72. The van der Waals surface area contributed by atoms with Crippen molar-refractivity contribution >= 4 is 5.69 Å². The van der Waals surface area contributed by atoms with E-state index < -0.39 is 0 Å². The SMILES string of the molecule is Cc1ccc(N2C[C@@H]3C[C@H]2CN3)cc1-c1ccccn1. The molecule has 1 aromatic carbocycles. The number of anilines is 1. The summed E-state index contributed by atoms with van der Waals surface area (Å²) in [5.41, 5.74) is 4.94. The van der Waals surface area contributed by atoms with Gasteiger partial charge in [-0.25, -0.2) is 0 Å². The molecule has 0 amide bonds. The number of rotatable bonds is 2. The van der Waals surface area contributed by atoms with E-state index >= 15 is 0 Å². The van der Waals surface area contributed by atoms with Gasteiger partial charge in [0.15, 0.2) is 0 Å². The number of hydrogen-bond acceptors (Lipinski definition) is 3. The highest BCUT2D eigenvalue weighted by atomic mass is 15.3. The van der Waals surface area contributed by atoms with Gasteiger partial charge in [0, 0.05) is 42.6 Å². The van der Waals surface area contributed by atoms with E-state index in [4.69, 9.17) is 0 Å². The Kier molecular flexibility index (Phi) is 2.74. The number of benzene rings is 1. The summed E-state index contributed by atoms with van der Waals surface area (Å²) in [4.78, 5) is 7.04. The van der Waals surface area contributed by atoms with Crippen LogP contribution >= 0.6 is 0 Å². The second-order valence-corrected chi connectivity index (χ2v) is 5.86. The molecule has 3 heteroatoms. The van der Waals surface area contributed by atoms with Crippen LogP contribution in [0.1, 0.15) is 12.0 Å². The lowest BCUT2D eigenvalue weighted by Gasteiger charge is -2.30. The molecule has 0 spiro atoms. The summed E-state index contributed by atoms with van der Waals surface area (Å²) in [6.45, 7) is 4.42. The Labute approximate surface area is 119 Å². The molecule has 0 unspecified atom stereocenters. The van der Waals surface area contributed by atoms with E-state index in [9.17, 15) is 0 Å². The second-order valence-electron chi connectivity index (χ2n) is 5.86. The topological polar surface area (TPSA) is 28.2 Å².